The maximum Gasteiger partial charge on any atom is 0.279 e. The van der Waals surface area contributed by atoms with Crippen LogP contribution in [0.4, 0.5) is 11.4 Å². The Kier molecular flexibility index (Phi) is 7.17. The summed E-state index contributed by atoms with van der Waals surface area (Å²) in [7, 11) is 0. The van der Waals surface area contributed by atoms with Crippen LogP contribution in [-0.2, 0) is 16.1 Å². The van der Waals surface area contributed by atoms with E-state index in [0.717, 1.165) is 16.2 Å². The molecule has 0 aliphatic carbocycles. The fourth-order valence-corrected chi connectivity index (χ4v) is 3.74. The van der Waals surface area contributed by atoms with E-state index >= 15 is 0 Å². The Labute approximate surface area is 208 Å². The lowest BCUT2D eigenvalue weighted by molar-refractivity contribution is -0.138. The second-order valence-electron chi connectivity index (χ2n) is 8.22. The van der Waals surface area contributed by atoms with Crippen molar-refractivity contribution in [2.45, 2.75) is 26.5 Å². The van der Waals surface area contributed by atoms with Gasteiger partial charge in [0.1, 0.15) is 16.5 Å². The number of nitrogens with one attached hydrogen (secondary N) is 2. The second-order valence-corrected chi connectivity index (χ2v) is 8.60. The minimum Gasteiger partial charge on any atom is -0.491 e. The molecule has 3 aromatic rings. The summed E-state index contributed by atoms with van der Waals surface area (Å²) >= 11 is 6.18. The average molecular weight is 490 g/mol. The first-order chi connectivity index (χ1) is 16.8. The largest absolute Gasteiger partial charge is 0.491 e. The van der Waals surface area contributed by atoms with Gasteiger partial charge in [-0.2, -0.15) is 0 Å². The first kappa shape index (κ1) is 24.0. The number of hydrogen-bond donors (Lipinski definition) is 2. The van der Waals surface area contributed by atoms with Crippen molar-refractivity contribution in [2.24, 2.45) is 0 Å². The predicted octanol–water partition coefficient (Wildman–Crippen LogP) is 5.16. The van der Waals surface area contributed by atoms with Crippen molar-refractivity contribution < 1.29 is 19.1 Å². The second kappa shape index (κ2) is 10.4. The predicted molar refractivity (Wildman–Crippen MR) is 135 cm³/mol. The molecule has 0 saturated heterocycles. The molecule has 0 atom stereocenters. The van der Waals surface area contributed by atoms with E-state index in [1.54, 1.807) is 48.5 Å². The fraction of sp³-hybridized carbons (Fsp3) is 0.148. The highest BCUT2D eigenvalue weighted by Gasteiger charge is 2.37. The number of benzene rings is 3. The Morgan fingerprint density at radius 3 is 2.14 bits per heavy atom. The molecule has 3 aromatic carbocycles. The molecule has 2 N–H and O–H groups in total. The SMILES string of the molecule is CC(C)Oc1ccc(NC(=O)c2ccc(NC3=C(Cl)C(=O)N(Cc4ccccc4)C3=O)cc2)cc1. The van der Waals surface area contributed by atoms with Crippen LogP contribution in [0.25, 0.3) is 0 Å². The van der Waals surface area contributed by atoms with Crippen LogP contribution in [0.5, 0.6) is 5.75 Å². The van der Waals surface area contributed by atoms with Gasteiger partial charge in [-0.25, -0.2) is 0 Å². The summed E-state index contributed by atoms with van der Waals surface area (Å²) in [5.74, 6) is -0.615. The van der Waals surface area contributed by atoms with Crippen molar-refractivity contribution in [3.05, 3.63) is 101 Å². The Balaban J connectivity index is 1.39. The number of amides is 3. The van der Waals surface area contributed by atoms with Gasteiger partial charge in [-0.15, -0.1) is 0 Å². The van der Waals surface area contributed by atoms with Crippen LogP contribution in [0.3, 0.4) is 0 Å². The zero-order chi connectivity index (χ0) is 24.9. The zero-order valence-electron chi connectivity index (χ0n) is 19.2. The zero-order valence-corrected chi connectivity index (χ0v) is 20.0. The molecular formula is C27H24ClN3O4. The van der Waals surface area contributed by atoms with Gasteiger partial charge in [0.05, 0.1) is 12.6 Å². The summed E-state index contributed by atoms with van der Waals surface area (Å²) in [5, 5.41) is 5.57. The summed E-state index contributed by atoms with van der Waals surface area (Å²) in [6.07, 6.45) is 0.0674. The number of imide groups is 1. The van der Waals surface area contributed by atoms with E-state index in [1.807, 2.05) is 44.2 Å². The van der Waals surface area contributed by atoms with Crippen molar-refractivity contribution in [1.82, 2.24) is 4.90 Å². The van der Waals surface area contributed by atoms with Crippen molar-refractivity contribution in [3.8, 4) is 5.75 Å². The van der Waals surface area contributed by atoms with Crippen LogP contribution >= 0.6 is 11.6 Å². The van der Waals surface area contributed by atoms with Gasteiger partial charge in [-0.1, -0.05) is 41.9 Å². The van der Waals surface area contributed by atoms with Gasteiger partial charge in [0.15, 0.2) is 0 Å². The minimum atomic E-state index is -0.552. The smallest absolute Gasteiger partial charge is 0.279 e. The molecule has 1 heterocycles. The van der Waals surface area contributed by atoms with Crippen LogP contribution in [-0.4, -0.2) is 28.7 Å². The summed E-state index contributed by atoms with van der Waals surface area (Å²) < 4.78 is 5.60. The van der Waals surface area contributed by atoms with Gasteiger partial charge in [-0.05, 0) is 67.9 Å². The third kappa shape index (κ3) is 5.70. The maximum absolute atomic E-state index is 12.8. The van der Waals surface area contributed by atoms with E-state index in [0.29, 0.717) is 16.9 Å². The monoisotopic (exact) mass is 489 g/mol. The summed E-state index contributed by atoms with van der Waals surface area (Å²) in [6, 6.07) is 22.8. The molecule has 0 fully saturated rings. The Morgan fingerprint density at radius 2 is 1.51 bits per heavy atom. The lowest BCUT2D eigenvalue weighted by Gasteiger charge is -2.15. The van der Waals surface area contributed by atoms with Crippen LogP contribution in [0, 0.1) is 0 Å². The molecule has 0 saturated carbocycles. The van der Waals surface area contributed by atoms with Gasteiger partial charge < -0.3 is 15.4 Å². The average Bonchev–Trinajstić information content (AvgIpc) is 3.04. The number of carbonyl (C=O) groups excluding carboxylic acids is 3. The lowest BCUT2D eigenvalue weighted by Crippen LogP contribution is -2.31. The molecule has 3 amide bonds. The van der Waals surface area contributed by atoms with Gasteiger partial charge in [0.25, 0.3) is 17.7 Å². The van der Waals surface area contributed by atoms with Crippen LogP contribution < -0.4 is 15.4 Å². The van der Waals surface area contributed by atoms with Gasteiger partial charge >= 0.3 is 0 Å². The van der Waals surface area contributed by atoms with Crippen LogP contribution in [0.15, 0.2) is 89.6 Å². The molecule has 178 valence electrons. The topological polar surface area (TPSA) is 87.7 Å². The standard InChI is InChI=1S/C27H24ClN3O4/c1-17(2)35-22-14-12-21(13-15-22)30-25(32)19-8-10-20(11-9-19)29-24-23(28)26(33)31(27(24)34)16-18-6-4-3-5-7-18/h3-15,17,29H,16H2,1-2H3,(H,30,32). The van der Waals surface area contributed by atoms with Crippen molar-refractivity contribution in [3.63, 3.8) is 0 Å². The molecule has 35 heavy (non-hydrogen) atoms. The number of nitrogens with zero attached hydrogens (tertiary/aromatic N) is 1. The molecule has 8 heteroatoms. The van der Waals surface area contributed by atoms with E-state index in [1.165, 1.54) is 0 Å². The minimum absolute atomic E-state index is 0.00788. The Bertz CT molecular complexity index is 1270. The molecule has 0 bridgehead atoms. The fourth-order valence-electron chi connectivity index (χ4n) is 3.51. The molecule has 7 nitrogen and oxygen atoms in total. The third-order valence-corrected chi connectivity index (χ3v) is 5.55. The van der Waals surface area contributed by atoms with E-state index in [-0.39, 0.29) is 29.3 Å². The van der Waals surface area contributed by atoms with Gasteiger partial charge in [-0.3, -0.25) is 19.3 Å². The molecule has 4 rings (SSSR count). The van der Waals surface area contributed by atoms with E-state index < -0.39 is 11.8 Å². The lowest BCUT2D eigenvalue weighted by atomic mass is 10.2. The highest BCUT2D eigenvalue weighted by molar-refractivity contribution is 6.48. The number of hydrogen-bond acceptors (Lipinski definition) is 5. The number of ether oxygens (including phenoxy) is 1. The van der Waals surface area contributed by atoms with Crippen molar-refractivity contribution in [1.29, 1.82) is 0 Å². The van der Waals surface area contributed by atoms with Crippen molar-refractivity contribution in [2.75, 3.05) is 10.6 Å². The van der Waals surface area contributed by atoms with E-state index in [4.69, 9.17) is 16.3 Å². The van der Waals surface area contributed by atoms with E-state index in [2.05, 4.69) is 10.6 Å². The van der Waals surface area contributed by atoms with Gasteiger partial charge in [0, 0.05) is 16.9 Å². The van der Waals surface area contributed by atoms with E-state index in [9.17, 15) is 14.4 Å². The highest BCUT2D eigenvalue weighted by Crippen LogP contribution is 2.27. The molecule has 0 unspecified atom stereocenters. The van der Waals surface area contributed by atoms with Crippen LogP contribution in [0.1, 0.15) is 29.8 Å². The molecule has 1 aliphatic rings. The first-order valence-corrected chi connectivity index (χ1v) is 11.4. The molecule has 0 aromatic heterocycles. The Morgan fingerprint density at radius 1 is 0.886 bits per heavy atom. The molecular weight excluding hydrogens is 466 g/mol. The van der Waals surface area contributed by atoms with Gasteiger partial charge in [0.2, 0.25) is 0 Å². The molecule has 0 spiro atoms. The maximum atomic E-state index is 12.8. The quantitative estimate of drug-likeness (QED) is 0.427. The third-order valence-electron chi connectivity index (χ3n) is 5.20. The highest BCUT2D eigenvalue weighted by atomic mass is 35.5. The summed E-state index contributed by atoms with van der Waals surface area (Å²) in [4.78, 5) is 39.0. The number of carbonyl (C=O) groups is 3. The molecule has 1 aliphatic heterocycles. The number of halogens is 1. The summed E-state index contributed by atoms with van der Waals surface area (Å²) in [6.45, 7) is 4.02. The normalized spacial score (nSPS) is 13.4. The first-order valence-electron chi connectivity index (χ1n) is 11.1. The summed E-state index contributed by atoms with van der Waals surface area (Å²) in [5.41, 5.74) is 2.41. The number of anilines is 2. The Hall–Kier alpha value is -4.10. The molecule has 0 radical (unpaired) electrons. The van der Waals surface area contributed by atoms with Crippen molar-refractivity contribution >= 4 is 40.7 Å². The number of rotatable bonds is 8. The van der Waals surface area contributed by atoms with Crippen LogP contribution in [0.2, 0.25) is 0 Å².